The van der Waals surface area contributed by atoms with Gasteiger partial charge in [0.05, 0.1) is 44.6 Å². The van der Waals surface area contributed by atoms with Gasteiger partial charge < -0.3 is 18.9 Å². The Morgan fingerprint density at radius 2 is 1.27 bits per heavy atom. The molecule has 0 aliphatic heterocycles. The second kappa shape index (κ2) is 11.0. The maximum atomic E-state index is 14.8. The zero-order valence-electron chi connectivity index (χ0n) is 20.1. The molecule has 0 radical (unpaired) electrons. The van der Waals surface area contributed by atoms with Crippen LogP contribution in [-0.2, 0) is 16.2 Å². The summed E-state index contributed by atoms with van der Waals surface area (Å²) in [7, 11) is 1.16. The summed E-state index contributed by atoms with van der Waals surface area (Å²) in [6.45, 7) is 0. The van der Waals surface area contributed by atoms with Gasteiger partial charge in [-0.05, 0) is 59.7 Å². The van der Waals surface area contributed by atoms with Gasteiger partial charge in [0, 0.05) is 0 Å². The number of ether oxygens (including phenoxy) is 4. The van der Waals surface area contributed by atoms with Gasteiger partial charge in [-0.2, -0.15) is 13.2 Å². The largest absolute Gasteiger partial charge is 0.493 e. The van der Waals surface area contributed by atoms with Crippen LogP contribution in [-0.4, -0.2) is 36.9 Å². The second-order valence-electron chi connectivity index (χ2n) is 7.50. The number of sulfonamides is 1. The molecule has 0 saturated heterocycles. The molecule has 12 heteroatoms. The number of hydrogen-bond donors (Lipinski definition) is 1. The number of alkyl halides is 3. The molecule has 3 rings (SSSR count). The number of hydrogen-bond acceptors (Lipinski definition) is 6. The number of anilines is 1. The predicted molar refractivity (Wildman–Crippen MR) is 130 cm³/mol. The molecule has 0 atom stereocenters. The van der Waals surface area contributed by atoms with E-state index in [0.29, 0.717) is 34.9 Å². The molecule has 1 N–H and O–H groups in total. The Balaban J connectivity index is 1.97. The molecule has 0 amide bonds. The van der Waals surface area contributed by atoms with Gasteiger partial charge in [-0.3, -0.25) is 4.72 Å². The molecule has 0 heterocycles. The molecule has 0 saturated carbocycles. The SMILES string of the molecule is COc1cc(C=Cc2cc(F)c(OC)c(NS(=O)(=O)c3ccc(C(F)(F)F)cc3)c2)cc(OC)c1OC. The Morgan fingerprint density at radius 3 is 1.73 bits per heavy atom. The van der Waals surface area contributed by atoms with Crippen molar-refractivity contribution in [2.75, 3.05) is 33.2 Å². The molecule has 0 fully saturated rings. The van der Waals surface area contributed by atoms with Crippen LogP contribution < -0.4 is 23.7 Å². The van der Waals surface area contributed by atoms with Crippen LogP contribution in [0.2, 0.25) is 0 Å². The van der Waals surface area contributed by atoms with E-state index in [1.54, 1.807) is 18.2 Å². The van der Waals surface area contributed by atoms with Crippen molar-refractivity contribution in [3.8, 4) is 23.0 Å². The van der Waals surface area contributed by atoms with E-state index in [2.05, 4.69) is 4.72 Å². The normalized spacial score (nSPS) is 11.9. The van der Waals surface area contributed by atoms with Crippen LogP contribution in [0.5, 0.6) is 23.0 Å². The average molecular weight is 542 g/mol. The van der Waals surface area contributed by atoms with Crippen molar-refractivity contribution < 1.29 is 44.9 Å². The third-order valence-corrected chi connectivity index (χ3v) is 6.54. The fraction of sp³-hybridized carbons (Fsp3) is 0.200. The van der Waals surface area contributed by atoms with Gasteiger partial charge in [0.2, 0.25) is 5.75 Å². The van der Waals surface area contributed by atoms with E-state index >= 15 is 0 Å². The van der Waals surface area contributed by atoms with Crippen molar-refractivity contribution in [3.63, 3.8) is 0 Å². The molecule has 0 aromatic heterocycles. The third kappa shape index (κ3) is 6.26. The molecule has 7 nitrogen and oxygen atoms in total. The lowest BCUT2D eigenvalue weighted by molar-refractivity contribution is -0.137. The molecular formula is C25H23F4NO6S. The highest BCUT2D eigenvalue weighted by Gasteiger charge is 2.31. The quantitative estimate of drug-likeness (QED) is 0.270. The van der Waals surface area contributed by atoms with Crippen molar-refractivity contribution >= 4 is 27.9 Å². The van der Waals surface area contributed by atoms with Crippen LogP contribution in [0.1, 0.15) is 16.7 Å². The van der Waals surface area contributed by atoms with Crippen LogP contribution in [0.25, 0.3) is 12.2 Å². The first kappa shape index (κ1) is 27.7. The Hall–Kier alpha value is -3.93. The summed E-state index contributed by atoms with van der Waals surface area (Å²) < 4.78 is 102. The topological polar surface area (TPSA) is 83.1 Å². The molecule has 198 valence electrons. The van der Waals surface area contributed by atoms with Crippen molar-refractivity contribution in [1.82, 2.24) is 0 Å². The Labute approximate surface area is 211 Å². The molecule has 0 spiro atoms. The molecule has 3 aromatic carbocycles. The number of methoxy groups -OCH3 is 4. The van der Waals surface area contributed by atoms with Crippen LogP contribution in [0, 0.1) is 5.82 Å². The van der Waals surface area contributed by atoms with Crippen LogP contribution in [0.3, 0.4) is 0 Å². The lowest BCUT2D eigenvalue weighted by Crippen LogP contribution is -2.15. The summed E-state index contributed by atoms with van der Waals surface area (Å²) in [5.74, 6) is -0.0718. The van der Waals surface area contributed by atoms with Crippen molar-refractivity contribution in [3.05, 3.63) is 71.0 Å². The van der Waals surface area contributed by atoms with Gasteiger partial charge >= 0.3 is 6.18 Å². The number of benzene rings is 3. The van der Waals surface area contributed by atoms with Crippen molar-refractivity contribution in [1.29, 1.82) is 0 Å². The highest BCUT2D eigenvalue weighted by Crippen LogP contribution is 2.39. The fourth-order valence-electron chi connectivity index (χ4n) is 3.41. The number of nitrogens with one attached hydrogen (secondary N) is 1. The Morgan fingerprint density at radius 1 is 0.757 bits per heavy atom. The zero-order valence-corrected chi connectivity index (χ0v) is 21.0. The highest BCUT2D eigenvalue weighted by atomic mass is 32.2. The first-order valence-corrected chi connectivity index (χ1v) is 12.0. The summed E-state index contributed by atoms with van der Waals surface area (Å²) in [6.07, 6.45) is -1.50. The van der Waals surface area contributed by atoms with E-state index < -0.39 is 32.5 Å². The summed E-state index contributed by atoms with van der Waals surface area (Å²) in [6, 6.07) is 8.66. The zero-order chi connectivity index (χ0) is 27.4. The lowest BCUT2D eigenvalue weighted by atomic mass is 10.1. The number of halogens is 4. The van der Waals surface area contributed by atoms with Crippen molar-refractivity contribution in [2.45, 2.75) is 11.1 Å². The first-order valence-electron chi connectivity index (χ1n) is 10.5. The van der Waals surface area contributed by atoms with Crippen molar-refractivity contribution in [2.24, 2.45) is 0 Å². The van der Waals surface area contributed by atoms with E-state index in [-0.39, 0.29) is 17.0 Å². The lowest BCUT2D eigenvalue weighted by Gasteiger charge is -2.14. The minimum Gasteiger partial charge on any atom is -0.493 e. The monoisotopic (exact) mass is 541 g/mol. The Bertz CT molecular complexity index is 1380. The van der Waals surface area contributed by atoms with E-state index in [4.69, 9.17) is 18.9 Å². The molecule has 0 unspecified atom stereocenters. The van der Waals surface area contributed by atoms with E-state index in [1.165, 1.54) is 33.5 Å². The van der Waals surface area contributed by atoms with Gasteiger partial charge in [0.25, 0.3) is 10.0 Å². The molecule has 3 aromatic rings. The smallest absolute Gasteiger partial charge is 0.416 e. The summed E-state index contributed by atoms with van der Waals surface area (Å²) >= 11 is 0. The summed E-state index contributed by atoms with van der Waals surface area (Å²) in [5.41, 5.74) is -0.379. The maximum Gasteiger partial charge on any atom is 0.416 e. The predicted octanol–water partition coefficient (Wildman–Crippen LogP) is 5.85. The van der Waals surface area contributed by atoms with Gasteiger partial charge in [-0.25, -0.2) is 12.8 Å². The number of rotatable bonds is 9. The van der Waals surface area contributed by atoms with E-state index in [9.17, 15) is 26.0 Å². The van der Waals surface area contributed by atoms with Crippen LogP contribution in [0.15, 0.2) is 53.4 Å². The fourth-order valence-corrected chi connectivity index (χ4v) is 4.46. The first-order chi connectivity index (χ1) is 17.4. The molecule has 0 aliphatic carbocycles. The Kier molecular flexibility index (Phi) is 8.22. The van der Waals surface area contributed by atoms with Gasteiger partial charge in [0.1, 0.15) is 0 Å². The minimum atomic E-state index is -4.62. The maximum absolute atomic E-state index is 14.8. The third-order valence-electron chi connectivity index (χ3n) is 5.16. The standard InChI is InChI=1S/C25H23F4NO6S/c1-33-21-13-16(14-22(34-2)24(21)36-4)6-5-15-11-19(26)23(35-3)20(12-15)30-37(31,32)18-9-7-17(8-10-18)25(27,28)29/h5-14,30H,1-4H3. The summed E-state index contributed by atoms with van der Waals surface area (Å²) in [4.78, 5) is -0.443. The van der Waals surface area contributed by atoms with Gasteiger partial charge in [-0.1, -0.05) is 12.2 Å². The van der Waals surface area contributed by atoms with Crippen LogP contribution in [0.4, 0.5) is 23.2 Å². The van der Waals surface area contributed by atoms with Crippen LogP contribution >= 0.6 is 0 Å². The van der Waals surface area contributed by atoms with E-state index in [0.717, 1.165) is 25.3 Å². The van der Waals surface area contributed by atoms with Gasteiger partial charge in [-0.15, -0.1) is 0 Å². The molecule has 0 aliphatic rings. The minimum absolute atomic E-state index is 0.244. The molecule has 0 bridgehead atoms. The van der Waals surface area contributed by atoms with E-state index in [1.807, 2.05) is 0 Å². The molecular weight excluding hydrogens is 518 g/mol. The average Bonchev–Trinajstić information content (AvgIpc) is 2.86. The summed E-state index contributed by atoms with van der Waals surface area (Å²) in [5, 5.41) is 0. The van der Waals surface area contributed by atoms with Gasteiger partial charge in [0.15, 0.2) is 23.1 Å². The highest BCUT2D eigenvalue weighted by molar-refractivity contribution is 7.92. The molecule has 37 heavy (non-hydrogen) atoms. The second-order valence-corrected chi connectivity index (χ2v) is 9.19.